The van der Waals surface area contributed by atoms with Crippen LogP contribution in [-0.2, 0) is 10.6 Å². The van der Waals surface area contributed by atoms with Gasteiger partial charge in [-0.2, -0.15) is 0 Å². The predicted molar refractivity (Wildman–Crippen MR) is 70.6 cm³/mol. The molecular weight excluding hydrogens is 238 g/mol. The minimum atomic E-state index is -0.485. The smallest absolute Gasteiger partial charge is 0.414 e. The van der Waals surface area contributed by atoms with E-state index >= 15 is 0 Å². The molecule has 17 heavy (non-hydrogen) atoms. The van der Waals surface area contributed by atoms with Crippen LogP contribution >= 0.6 is 11.6 Å². The van der Waals surface area contributed by atoms with Gasteiger partial charge >= 0.3 is 6.09 Å². The zero-order chi connectivity index (χ0) is 13.1. The number of hydrogen-bond acceptors (Lipinski definition) is 2. The van der Waals surface area contributed by atoms with Gasteiger partial charge in [0.25, 0.3) is 0 Å². The largest absolute Gasteiger partial charge is 0.443 e. The Hall–Kier alpha value is -1.22. The molecule has 0 aromatic heterocycles. The summed E-state index contributed by atoms with van der Waals surface area (Å²) in [5, 5.41) is 0. The van der Waals surface area contributed by atoms with Crippen molar-refractivity contribution in [1.29, 1.82) is 0 Å². The van der Waals surface area contributed by atoms with Crippen molar-refractivity contribution < 1.29 is 9.53 Å². The fourth-order valence-electron chi connectivity index (χ4n) is 1.24. The zero-order valence-electron chi connectivity index (χ0n) is 10.7. The van der Waals surface area contributed by atoms with Gasteiger partial charge in [-0.3, -0.25) is 4.90 Å². The molecule has 0 radical (unpaired) electrons. The first kappa shape index (κ1) is 13.8. The molecule has 1 aromatic carbocycles. The van der Waals surface area contributed by atoms with Crippen LogP contribution in [-0.4, -0.2) is 18.7 Å². The molecular formula is C13H18ClNO2. The van der Waals surface area contributed by atoms with Crippen LogP contribution in [0, 0.1) is 0 Å². The molecule has 0 atom stereocenters. The van der Waals surface area contributed by atoms with Crippen LogP contribution in [0.2, 0.25) is 0 Å². The summed E-state index contributed by atoms with van der Waals surface area (Å²) in [5.74, 6) is 0.469. The number of carbonyl (C=O) groups excluding carboxylic acids is 1. The van der Waals surface area contributed by atoms with Crippen LogP contribution in [0.15, 0.2) is 24.3 Å². The number of hydrogen-bond donors (Lipinski definition) is 0. The number of alkyl halides is 1. The van der Waals surface area contributed by atoms with E-state index in [-0.39, 0.29) is 6.09 Å². The summed E-state index contributed by atoms with van der Waals surface area (Å²) in [6.07, 6.45) is -0.365. The Bertz CT molecular complexity index is 381. The van der Waals surface area contributed by atoms with E-state index in [4.69, 9.17) is 16.3 Å². The van der Waals surface area contributed by atoms with Crippen molar-refractivity contribution in [2.24, 2.45) is 0 Å². The topological polar surface area (TPSA) is 29.5 Å². The summed E-state index contributed by atoms with van der Waals surface area (Å²) in [5.41, 5.74) is 1.32. The summed E-state index contributed by atoms with van der Waals surface area (Å²) < 4.78 is 5.27. The number of halogens is 1. The zero-order valence-corrected chi connectivity index (χ0v) is 11.4. The van der Waals surface area contributed by atoms with Gasteiger partial charge in [0.15, 0.2) is 0 Å². The maximum Gasteiger partial charge on any atom is 0.414 e. The molecule has 0 spiro atoms. The summed E-state index contributed by atoms with van der Waals surface area (Å²) >= 11 is 5.70. The Morgan fingerprint density at radius 3 is 2.24 bits per heavy atom. The highest BCUT2D eigenvalue weighted by Crippen LogP contribution is 2.18. The quantitative estimate of drug-likeness (QED) is 0.753. The number of benzene rings is 1. The van der Waals surface area contributed by atoms with Gasteiger partial charge in [0.05, 0.1) is 0 Å². The fraction of sp³-hybridized carbons (Fsp3) is 0.462. The Labute approximate surface area is 107 Å². The Morgan fingerprint density at radius 2 is 1.82 bits per heavy atom. The minimum absolute atomic E-state index is 0.365. The monoisotopic (exact) mass is 255 g/mol. The average molecular weight is 256 g/mol. The first-order chi connectivity index (χ1) is 7.83. The van der Waals surface area contributed by atoms with Gasteiger partial charge in [-0.05, 0) is 38.5 Å². The lowest BCUT2D eigenvalue weighted by atomic mass is 10.2. The number of carbonyl (C=O) groups is 1. The van der Waals surface area contributed by atoms with Crippen LogP contribution < -0.4 is 4.90 Å². The highest BCUT2D eigenvalue weighted by atomic mass is 35.5. The second-order valence-electron chi connectivity index (χ2n) is 4.84. The van der Waals surface area contributed by atoms with E-state index in [1.807, 2.05) is 45.0 Å². The van der Waals surface area contributed by atoms with Crippen molar-refractivity contribution in [2.75, 3.05) is 11.9 Å². The van der Waals surface area contributed by atoms with Crippen LogP contribution in [0.5, 0.6) is 0 Å². The summed E-state index contributed by atoms with van der Waals surface area (Å²) in [6, 6.07) is 7.48. The van der Waals surface area contributed by atoms with Crippen molar-refractivity contribution in [2.45, 2.75) is 32.3 Å². The molecule has 3 nitrogen and oxygen atoms in total. The van der Waals surface area contributed by atoms with Crippen molar-refractivity contribution in [3.8, 4) is 0 Å². The van der Waals surface area contributed by atoms with Crippen molar-refractivity contribution in [3.63, 3.8) is 0 Å². The Morgan fingerprint density at radius 1 is 1.29 bits per heavy atom. The first-order valence-electron chi connectivity index (χ1n) is 5.45. The highest BCUT2D eigenvalue weighted by Gasteiger charge is 2.20. The van der Waals surface area contributed by atoms with Crippen molar-refractivity contribution in [1.82, 2.24) is 0 Å². The van der Waals surface area contributed by atoms with Gasteiger partial charge in [0.2, 0.25) is 0 Å². The number of anilines is 1. The summed E-state index contributed by atoms with van der Waals surface area (Å²) in [4.78, 5) is 13.3. The van der Waals surface area contributed by atoms with Gasteiger partial charge in [0.1, 0.15) is 5.60 Å². The lowest BCUT2D eigenvalue weighted by Crippen LogP contribution is -2.34. The SMILES string of the molecule is CN(C(=O)OC(C)(C)C)c1ccc(CCl)cc1. The third kappa shape index (κ3) is 4.27. The van der Waals surface area contributed by atoms with Gasteiger partial charge in [0, 0.05) is 18.6 Å². The molecule has 1 rings (SSSR count). The molecule has 0 N–H and O–H groups in total. The van der Waals surface area contributed by atoms with Crippen LogP contribution in [0.1, 0.15) is 26.3 Å². The van der Waals surface area contributed by atoms with E-state index in [9.17, 15) is 4.79 Å². The molecule has 0 aliphatic heterocycles. The highest BCUT2D eigenvalue weighted by molar-refractivity contribution is 6.17. The molecule has 94 valence electrons. The molecule has 0 saturated carbocycles. The van der Waals surface area contributed by atoms with E-state index in [0.717, 1.165) is 11.3 Å². The van der Waals surface area contributed by atoms with Crippen LogP contribution in [0.3, 0.4) is 0 Å². The van der Waals surface area contributed by atoms with E-state index < -0.39 is 5.60 Å². The normalized spacial score (nSPS) is 11.1. The standard InChI is InChI=1S/C13H18ClNO2/c1-13(2,3)17-12(16)15(4)11-7-5-10(9-14)6-8-11/h5-8H,9H2,1-4H3. The van der Waals surface area contributed by atoms with Crippen molar-refractivity contribution in [3.05, 3.63) is 29.8 Å². The second-order valence-corrected chi connectivity index (χ2v) is 5.11. The maximum atomic E-state index is 11.8. The molecule has 1 amide bonds. The molecule has 0 heterocycles. The van der Waals surface area contributed by atoms with E-state index in [0.29, 0.717) is 5.88 Å². The van der Waals surface area contributed by atoms with Gasteiger partial charge in [-0.1, -0.05) is 12.1 Å². The lowest BCUT2D eigenvalue weighted by Gasteiger charge is -2.24. The number of nitrogens with zero attached hydrogens (tertiary/aromatic N) is 1. The Kier molecular flexibility index (Phi) is 4.40. The van der Waals surface area contributed by atoms with E-state index in [1.54, 1.807) is 7.05 Å². The number of ether oxygens (including phenoxy) is 1. The Balaban J connectivity index is 2.74. The molecule has 0 unspecified atom stereocenters. The number of amides is 1. The molecule has 0 aliphatic carbocycles. The molecule has 0 saturated heterocycles. The third-order valence-electron chi connectivity index (χ3n) is 2.15. The lowest BCUT2D eigenvalue weighted by molar-refractivity contribution is 0.0589. The molecule has 0 aliphatic rings. The molecule has 1 aromatic rings. The van der Waals surface area contributed by atoms with Gasteiger partial charge in [-0.15, -0.1) is 11.6 Å². The van der Waals surface area contributed by atoms with Crippen LogP contribution in [0.25, 0.3) is 0 Å². The summed E-state index contributed by atoms with van der Waals surface area (Å²) in [7, 11) is 1.68. The molecule has 4 heteroatoms. The molecule has 0 fully saturated rings. The predicted octanol–water partition coefficient (Wildman–Crippen LogP) is 3.80. The first-order valence-corrected chi connectivity index (χ1v) is 5.98. The average Bonchev–Trinajstić information content (AvgIpc) is 2.26. The third-order valence-corrected chi connectivity index (χ3v) is 2.45. The number of rotatable bonds is 2. The molecule has 0 bridgehead atoms. The van der Waals surface area contributed by atoms with Gasteiger partial charge < -0.3 is 4.74 Å². The second kappa shape index (κ2) is 5.41. The minimum Gasteiger partial charge on any atom is -0.443 e. The maximum absolute atomic E-state index is 11.8. The van der Waals surface area contributed by atoms with Crippen molar-refractivity contribution >= 4 is 23.4 Å². The van der Waals surface area contributed by atoms with E-state index in [2.05, 4.69) is 0 Å². The van der Waals surface area contributed by atoms with E-state index in [1.165, 1.54) is 4.90 Å². The van der Waals surface area contributed by atoms with Crippen LogP contribution in [0.4, 0.5) is 10.5 Å². The summed E-state index contributed by atoms with van der Waals surface area (Å²) in [6.45, 7) is 5.53. The van der Waals surface area contributed by atoms with Gasteiger partial charge in [-0.25, -0.2) is 4.79 Å². The fourth-order valence-corrected chi connectivity index (χ4v) is 1.42.